The number of nitrogens with one attached hydrogen (secondary N) is 1. The van der Waals surface area contributed by atoms with E-state index in [-0.39, 0.29) is 0 Å². The molecule has 0 saturated carbocycles. The summed E-state index contributed by atoms with van der Waals surface area (Å²) in [6.07, 6.45) is 5.12. The Morgan fingerprint density at radius 1 is 1.10 bits per heavy atom. The van der Waals surface area contributed by atoms with Gasteiger partial charge in [0.15, 0.2) is 0 Å². The molecule has 2 aromatic carbocycles. The van der Waals surface area contributed by atoms with Crippen LogP contribution in [0.5, 0.6) is 0 Å². The molecule has 104 valence electrons. The molecule has 2 heteroatoms. The standard InChI is InChI=1S/C18H20BrN/c1-13-11-14(9-10-17(13)19)12-20-18-8-4-6-15-5-2-3-7-16(15)18/h4,6,8-11,20H,2-3,5,7,12H2,1H3. The molecule has 0 spiro atoms. The van der Waals surface area contributed by atoms with Crippen LogP contribution < -0.4 is 5.32 Å². The number of halogens is 1. The van der Waals surface area contributed by atoms with Crippen molar-refractivity contribution >= 4 is 21.6 Å². The van der Waals surface area contributed by atoms with Crippen LogP contribution in [-0.2, 0) is 19.4 Å². The summed E-state index contributed by atoms with van der Waals surface area (Å²) < 4.78 is 1.18. The highest BCUT2D eigenvalue weighted by atomic mass is 79.9. The fourth-order valence-corrected chi connectivity index (χ4v) is 3.21. The van der Waals surface area contributed by atoms with Gasteiger partial charge in [-0.05, 0) is 67.0 Å². The Kier molecular flexibility index (Phi) is 4.11. The molecule has 0 atom stereocenters. The van der Waals surface area contributed by atoms with Crippen molar-refractivity contribution < 1.29 is 0 Å². The highest BCUT2D eigenvalue weighted by Crippen LogP contribution is 2.28. The van der Waals surface area contributed by atoms with Crippen molar-refractivity contribution in [1.29, 1.82) is 0 Å². The van der Waals surface area contributed by atoms with Crippen molar-refractivity contribution in [3.63, 3.8) is 0 Å². The summed E-state index contributed by atoms with van der Waals surface area (Å²) in [4.78, 5) is 0. The van der Waals surface area contributed by atoms with Crippen LogP contribution in [0.3, 0.4) is 0 Å². The molecule has 1 nitrogen and oxygen atoms in total. The predicted molar refractivity (Wildman–Crippen MR) is 89.3 cm³/mol. The van der Waals surface area contributed by atoms with Crippen molar-refractivity contribution in [1.82, 2.24) is 0 Å². The Labute approximate surface area is 129 Å². The molecule has 0 unspecified atom stereocenters. The SMILES string of the molecule is Cc1cc(CNc2cccc3c2CCCC3)ccc1Br. The molecule has 0 fully saturated rings. The number of benzene rings is 2. The van der Waals surface area contributed by atoms with E-state index in [2.05, 4.69) is 64.6 Å². The normalized spacial score (nSPS) is 13.9. The molecule has 0 amide bonds. The quantitative estimate of drug-likeness (QED) is 0.811. The van der Waals surface area contributed by atoms with Gasteiger partial charge in [0.2, 0.25) is 0 Å². The summed E-state index contributed by atoms with van der Waals surface area (Å²) in [6, 6.07) is 13.2. The van der Waals surface area contributed by atoms with E-state index >= 15 is 0 Å². The second-order valence-corrected chi connectivity index (χ2v) is 6.44. The highest BCUT2D eigenvalue weighted by Gasteiger charge is 2.12. The number of anilines is 1. The Morgan fingerprint density at radius 3 is 2.80 bits per heavy atom. The molecule has 20 heavy (non-hydrogen) atoms. The van der Waals surface area contributed by atoms with Gasteiger partial charge in [0, 0.05) is 16.7 Å². The van der Waals surface area contributed by atoms with Crippen molar-refractivity contribution in [2.45, 2.75) is 39.2 Å². The summed E-state index contributed by atoms with van der Waals surface area (Å²) in [5, 5.41) is 3.62. The molecule has 0 heterocycles. The van der Waals surface area contributed by atoms with Gasteiger partial charge in [0.25, 0.3) is 0 Å². The molecular weight excluding hydrogens is 310 g/mol. The first-order valence-electron chi connectivity index (χ1n) is 7.34. The van der Waals surface area contributed by atoms with Gasteiger partial charge in [0.05, 0.1) is 0 Å². The molecule has 2 aromatic rings. The molecule has 0 bridgehead atoms. The summed E-state index contributed by atoms with van der Waals surface area (Å²) in [7, 11) is 0. The van der Waals surface area contributed by atoms with Gasteiger partial charge >= 0.3 is 0 Å². The van der Waals surface area contributed by atoms with Crippen LogP contribution in [0.25, 0.3) is 0 Å². The maximum absolute atomic E-state index is 3.62. The Hall–Kier alpha value is -1.28. The molecule has 0 aromatic heterocycles. The van der Waals surface area contributed by atoms with Crippen LogP contribution in [-0.4, -0.2) is 0 Å². The topological polar surface area (TPSA) is 12.0 Å². The van der Waals surface area contributed by atoms with Crippen LogP contribution in [0.4, 0.5) is 5.69 Å². The van der Waals surface area contributed by atoms with E-state index in [0.29, 0.717) is 0 Å². The van der Waals surface area contributed by atoms with E-state index in [1.165, 1.54) is 58.1 Å². The van der Waals surface area contributed by atoms with Crippen molar-refractivity contribution in [2.24, 2.45) is 0 Å². The smallest absolute Gasteiger partial charge is 0.0400 e. The minimum Gasteiger partial charge on any atom is -0.381 e. The minimum atomic E-state index is 0.893. The zero-order chi connectivity index (χ0) is 13.9. The third-order valence-electron chi connectivity index (χ3n) is 4.10. The van der Waals surface area contributed by atoms with Crippen LogP contribution in [0.15, 0.2) is 40.9 Å². The van der Waals surface area contributed by atoms with E-state index in [1.54, 1.807) is 0 Å². The highest BCUT2D eigenvalue weighted by molar-refractivity contribution is 9.10. The second-order valence-electron chi connectivity index (χ2n) is 5.59. The fraction of sp³-hybridized carbons (Fsp3) is 0.333. The van der Waals surface area contributed by atoms with Gasteiger partial charge in [-0.25, -0.2) is 0 Å². The first-order valence-corrected chi connectivity index (χ1v) is 8.13. The summed E-state index contributed by atoms with van der Waals surface area (Å²) in [5.41, 5.74) is 7.02. The Balaban J connectivity index is 1.76. The Bertz CT molecular complexity index is 619. The second kappa shape index (κ2) is 6.01. The molecule has 1 N–H and O–H groups in total. The molecule has 0 saturated heterocycles. The van der Waals surface area contributed by atoms with E-state index < -0.39 is 0 Å². The number of hydrogen-bond acceptors (Lipinski definition) is 1. The van der Waals surface area contributed by atoms with Gasteiger partial charge in [0.1, 0.15) is 0 Å². The summed E-state index contributed by atoms with van der Waals surface area (Å²) >= 11 is 3.55. The van der Waals surface area contributed by atoms with Gasteiger partial charge in [-0.15, -0.1) is 0 Å². The van der Waals surface area contributed by atoms with Gasteiger partial charge in [-0.3, -0.25) is 0 Å². The van der Waals surface area contributed by atoms with Crippen molar-refractivity contribution in [3.05, 3.63) is 63.1 Å². The van der Waals surface area contributed by atoms with E-state index in [4.69, 9.17) is 0 Å². The molecule has 3 rings (SSSR count). The zero-order valence-electron chi connectivity index (χ0n) is 11.9. The average Bonchev–Trinajstić information content (AvgIpc) is 2.48. The van der Waals surface area contributed by atoms with Gasteiger partial charge in [-0.1, -0.05) is 40.2 Å². The van der Waals surface area contributed by atoms with Gasteiger partial charge in [-0.2, -0.15) is 0 Å². The number of fused-ring (bicyclic) bond motifs is 1. The monoisotopic (exact) mass is 329 g/mol. The molecule has 0 radical (unpaired) electrons. The minimum absolute atomic E-state index is 0.893. The lowest BCUT2D eigenvalue weighted by atomic mass is 9.90. The number of hydrogen-bond donors (Lipinski definition) is 1. The van der Waals surface area contributed by atoms with E-state index in [0.717, 1.165) is 6.54 Å². The summed E-state index contributed by atoms with van der Waals surface area (Å²) in [5.74, 6) is 0. The third-order valence-corrected chi connectivity index (χ3v) is 4.99. The maximum Gasteiger partial charge on any atom is 0.0400 e. The first kappa shape index (κ1) is 13.7. The lowest BCUT2D eigenvalue weighted by Crippen LogP contribution is -2.08. The predicted octanol–water partition coefficient (Wildman–Crippen LogP) is 5.25. The van der Waals surface area contributed by atoms with E-state index in [1.807, 2.05) is 0 Å². The average molecular weight is 330 g/mol. The first-order chi connectivity index (χ1) is 9.74. The number of aryl methyl sites for hydroxylation is 2. The number of rotatable bonds is 3. The Morgan fingerprint density at radius 2 is 1.95 bits per heavy atom. The van der Waals surface area contributed by atoms with Gasteiger partial charge < -0.3 is 5.32 Å². The van der Waals surface area contributed by atoms with Crippen molar-refractivity contribution in [2.75, 3.05) is 5.32 Å². The third kappa shape index (κ3) is 2.90. The molecule has 1 aliphatic carbocycles. The van der Waals surface area contributed by atoms with Crippen LogP contribution >= 0.6 is 15.9 Å². The summed E-state index contributed by atoms with van der Waals surface area (Å²) in [6.45, 7) is 3.03. The van der Waals surface area contributed by atoms with Crippen molar-refractivity contribution in [3.8, 4) is 0 Å². The van der Waals surface area contributed by atoms with Crippen LogP contribution in [0.2, 0.25) is 0 Å². The molecule has 1 aliphatic rings. The van der Waals surface area contributed by atoms with E-state index in [9.17, 15) is 0 Å². The lowest BCUT2D eigenvalue weighted by molar-refractivity contribution is 0.686. The lowest BCUT2D eigenvalue weighted by Gasteiger charge is -2.20. The molecular formula is C18H20BrN. The van der Waals surface area contributed by atoms with Crippen LogP contribution in [0.1, 0.15) is 35.1 Å². The largest absolute Gasteiger partial charge is 0.381 e. The van der Waals surface area contributed by atoms with Crippen LogP contribution in [0, 0.1) is 6.92 Å². The fourth-order valence-electron chi connectivity index (χ4n) is 2.96. The maximum atomic E-state index is 3.62. The molecule has 0 aliphatic heterocycles. The zero-order valence-corrected chi connectivity index (χ0v) is 13.5.